The number of nitrogens with zero attached hydrogens (tertiary/aromatic N) is 14. The van der Waals surface area contributed by atoms with Crippen LogP contribution in [0.15, 0.2) is 143 Å². The summed E-state index contributed by atoms with van der Waals surface area (Å²) in [7, 11) is -0.250. The molecule has 10 aromatic rings. The van der Waals surface area contributed by atoms with Crippen molar-refractivity contribution in [1.82, 2.24) is 58.3 Å². The van der Waals surface area contributed by atoms with Crippen LogP contribution in [0.4, 0.5) is 11.6 Å². The van der Waals surface area contributed by atoms with Gasteiger partial charge < -0.3 is 29.1 Å². The first-order chi connectivity index (χ1) is 36.8. The van der Waals surface area contributed by atoms with Crippen LogP contribution in [-0.4, -0.2) is 89.7 Å². The summed E-state index contributed by atoms with van der Waals surface area (Å²) in [4.78, 5) is 55.0. The Hall–Kier alpha value is -8.26. The molecule has 3 saturated heterocycles. The third-order valence-electron chi connectivity index (χ3n) is 14.4. The fourth-order valence-electron chi connectivity index (χ4n) is 9.71. The molecule has 24 heteroatoms. The zero-order valence-corrected chi connectivity index (χ0v) is 46.4. The number of hydrogen-bond donors (Lipinski definition) is 2. The number of para-hydroxylation sites is 2. The number of halogens is 1. The van der Waals surface area contributed by atoms with Gasteiger partial charge in [-0.2, -0.15) is 47.7 Å². The molecule has 2 atom stereocenters. The second-order valence-corrected chi connectivity index (χ2v) is 20.1. The van der Waals surface area contributed by atoms with Crippen LogP contribution in [0.25, 0.3) is 50.6 Å². The normalized spacial score (nSPS) is 16.8. The maximum atomic E-state index is 13.7. The Morgan fingerprint density at radius 1 is 0.679 bits per heavy atom. The van der Waals surface area contributed by atoms with E-state index < -0.39 is 0 Å². The topological polar surface area (TPSA) is 234 Å². The van der Waals surface area contributed by atoms with E-state index in [0.717, 1.165) is 42.9 Å². The van der Waals surface area contributed by atoms with Crippen molar-refractivity contribution in [2.75, 3.05) is 22.9 Å². The SMILES string of the molecule is C=CB1OC(C)(C)C(C)(C)O1.C=Cc1ccn2nc([C@@H]3CCN3c3ncnc4[nH]cc(C#N)c34)n(-c3ccccc3)c(=O)c12.N#Cc1c[nH]c2ncnc(N3CC[C@H]3c3nn4ccc(Br)c4c(=O)n3-c3ccccc3)c12.S.S. The molecule has 3 fully saturated rings. The van der Waals surface area contributed by atoms with Gasteiger partial charge in [0, 0.05) is 43.4 Å². The molecule has 0 aliphatic carbocycles. The van der Waals surface area contributed by atoms with Crippen LogP contribution in [0.2, 0.25) is 0 Å². The van der Waals surface area contributed by atoms with Crippen molar-refractivity contribution in [1.29, 1.82) is 10.5 Å². The van der Waals surface area contributed by atoms with Crippen molar-refractivity contribution in [3.05, 3.63) is 183 Å². The van der Waals surface area contributed by atoms with Crippen LogP contribution in [0, 0.1) is 22.7 Å². The van der Waals surface area contributed by atoms with Crippen molar-refractivity contribution >= 4 is 101 Å². The monoisotopic (exact) mass is 1140 g/mol. The molecule has 0 saturated carbocycles. The lowest BCUT2D eigenvalue weighted by atomic mass is 9.90. The van der Waals surface area contributed by atoms with Gasteiger partial charge in [-0.05, 0) is 92.9 Å². The Kier molecular flexibility index (Phi) is 15.1. The summed E-state index contributed by atoms with van der Waals surface area (Å²) >= 11 is 3.47. The van der Waals surface area contributed by atoms with Crippen LogP contribution in [0.3, 0.4) is 0 Å². The van der Waals surface area contributed by atoms with Gasteiger partial charge in [0.15, 0.2) is 11.6 Å². The highest BCUT2D eigenvalue weighted by atomic mass is 79.9. The van der Waals surface area contributed by atoms with Gasteiger partial charge in [0.05, 0.1) is 61.0 Å². The molecule has 2 N–H and O–H groups in total. The Balaban J connectivity index is 0.000000156. The summed E-state index contributed by atoms with van der Waals surface area (Å²) in [6.07, 6.45) is 13.0. The highest BCUT2D eigenvalue weighted by molar-refractivity contribution is 9.10. The zero-order chi connectivity index (χ0) is 53.0. The molecule has 0 radical (unpaired) electrons. The van der Waals surface area contributed by atoms with E-state index >= 15 is 0 Å². The Morgan fingerprint density at radius 3 is 1.54 bits per heavy atom. The smallest absolute Gasteiger partial charge is 0.400 e. The van der Waals surface area contributed by atoms with Crippen molar-refractivity contribution in [3.8, 4) is 23.5 Å². The third-order valence-corrected chi connectivity index (χ3v) is 15.1. The molecular weight excluding hydrogens is 1090 g/mol. The van der Waals surface area contributed by atoms with Gasteiger partial charge in [0.25, 0.3) is 11.1 Å². The molecule has 3 aliphatic heterocycles. The second kappa shape index (κ2) is 21.6. The highest BCUT2D eigenvalue weighted by Crippen LogP contribution is 2.42. The van der Waals surface area contributed by atoms with Crippen molar-refractivity contribution in [2.24, 2.45) is 0 Å². The number of nitrogens with one attached hydrogen (secondary N) is 2. The number of hydrogen-bond acceptors (Lipinski definition) is 14. The maximum absolute atomic E-state index is 13.7. The highest BCUT2D eigenvalue weighted by Gasteiger charge is 2.50. The minimum absolute atomic E-state index is 0. The van der Waals surface area contributed by atoms with Crippen molar-refractivity contribution in [3.63, 3.8) is 0 Å². The van der Waals surface area contributed by atoms with Gasteiger partial charge in [0.2, 0.25) is 0 Å². The van der Waals surface area contributed by atoms with Crippen LogP contribution >= 0.6 is 42.9 Å². The fourth-order valence-corrected chi connectivity index (χ4v) is 10.2. The molecule has 78 heavy (non-hydrogen) atoms. The molecule has 394 valence electrons. The minimum atomic E-state index is -0.250. The lowest BCUT2D eigenvalue weighted by Gasteiger charge is -2.42. The fraction of sp³-hybridized carbons (Fsp3) is 0.222. The molecule has 8 aromatic heterocycles. The molecular formula is C54H52BBrN16O4S2. The summed E-state index contributed by atoms with van der Waals surface area (Å²) < 4.78 is 18.4. The van der Waals surface area contributed by atoms with Gasteiger partial charge in [-0.25, -0.2) is 29.0 Å². The van der Waals surface area contributed by atoms with E-state index in [-0.39, 0.29) is 68.5 Å². The van der Waals surface area contributed by atoms with Gasteiger partial charge in [-0.3, -0.25) is 18.7 Å². The van der Waals surface area contributed by atoms with E-state index in [9.17, 15) is 20.1 Å². The van der Waals surface area contributed by atoms with E-state index in [1.165, 1.54) is 12.7 Å². The van der Waals surface area contributed by atoms with Crippen molar-refractivity contribution < 1.29 is 9.31 Å². The number of nitriles is 2. The van der Waals surface area contributed by atoms with Crippen LogP contribution in [-0.2, 0) is 9.31 Å². The Labute approximate surface area is 469 Å². The average molecular weight is 1140 g/mol. The van der Waals surface area contributed by atoms with Gasteiger partial charge in [-0.1, -0.05) is 55.0 Å². The lowest BCUT2D eigenvalue weighted by Crippen LogP contribution is -2.45. The van der Waals surface area contributed by atoms with Gasteiger partial charge >= 0.3 is 7.12 Å². The number of fused-ring (bicyclic) bond motifs is 4. The molecule has 0 unspecified atom stereocenters. The standard InChI is InChI=1S/C24H18N8O.C22H15BrN8O.C8H15BO2.2H2S/c1-2-15-8-11-31-20(15)24(33)32(17-6-4-3-5-7-17)22(29-31)18-9-10-30(18)23-19-16(12-25)13-26-21(19)27-14-28-23;23-15-6-9-30-18(15)22(32)31(14-4-2-1-3-5-14)20(28-30)16-7-8-29(16)21-17-13(10-24)11-25-19(17)26-12-27-21;1-6-9-10-7(2,3)8(4,5)11-9;;/h2-8,11,13-14,18H,1,9-10H2,(H,26,27,28);1-6,9,11-12,16H,7-8H2,(H,25,26,27);6H,1H2,2-5H3;2*1H2/t18-;16-;;;/m00.../s1. The predicted molar refractivity (Wildman–Crippen MR) is 313 cm³/mol. The number of aromatic nitrogens is 12. The quantitative estimate of drug-likeness (QED) is 0.136. The zero-order valence-electron chi connectivity index (χ0n) is 42.8. The van der Waals surface area contributed by atoms with E-state index in [1.54, 1.807) is 55.0 Å². The number of H-pyrrole nitrogens is 2. The van der Waals surface area contributed by atoms with E-state index in [4.69, 9.17) is 19.5 Å². The number of aromatic amines is 2. The first-order valence-electron chi connectivity index (χ1n) is 24.4. The molecule has 3 aliphatic rings. The number of rotatable bonds is 8. The van der Waals surface area contributed by atoms with E-state index in [1.807, 2.05) is 100 Å². The maximum Gasteiger partial charge on any atom is 0.486 e. The summed E-state index contributed by atoms with van der Waals surface area (Å²) in [6, 6.07) is 26.7. The van der Waals surface area contributed by atoms with Crippen LogP contribution in [0.5, 0.6) is 0 Å². The third kappa shape index (κ3) is 9.24. The molecule has 2 aromatic carbocycles. The molecule has 0 amide bonds. The number of anilines is 2. The number of benzene rings is 2. The van der Waals surface area contributed by atoms with Gasteiger partial charge in [-0.15, -0.1) is 6.58 Å². The second-order valence-electron chi connectivity index (χ2n) is 19.2. The molecule has 13 rings (SSSR count). The molecule has 11 heterocycles. The molecule has 0 bridgehead atoms. The Bertz CT molecular complexity index is 4110. The molecule has 20 nitrogen and oxygen atoms in total. The first kappa shape index (κ1) is 54.5. The largest absolute Gasteiger partial charge is 0.486 e. The van der Waals surface area contributed by atoms with E-state index in [0.29, 0.717) is 72.0 Å². The van der Waals surface area contributed by atoms with Crippen molar-refractivity contribution in [2.45, 2.75) is 63.8 Å². The minimum Gasteiger partial charge on any atom is -0.400 e. The van der Waals surface area contributed by atoms with Gasteiger partial charge in [0.1, 0.15) is 58.8 Å². The summed E-state index contributed by atoms with van der Waals surface area (Å²) in [5.41, 5.74) is 4.57. The van der Waals surface area contributed by atoms with E-state index in [2.05, 4.69) is 80.9 Å². The predicted octanol–water partition coefficient (Wildman–Crippen LogP) is 8.59. The molecule has 0 spiro atoms. The first-order valence-corrected chi connectivity index (χ1v) is 25.2. The van der Waals surface area contributed by atoms with Crippen LogP contribution in [0.1, 0.15) is 81.0 Å². The summed E-state index contributed by atoms with van der Waals surface area (Å²) in [6.45, 7) is 17.0. The average Bonchev–Trinajstić information content (AvgIpc) is 4.39. The summed E-state index contributed by atoms with van der Waals surface area (Å²) in [5.74, 6) is 4.21. The Morgan fingerprint density at radius 2 is 1.13 bits per heavy atom. The summed E-state index contributed by atoms with van der Waals surface area (Å²) in [5, 5.41) is 30.2. The van der Waals surface area contributed by atoms with Crippen LogP contribution < -0.4 is 20.9 Å². The lowest BCUT2D eigenvalue weighted by molar-refractivity contribution is 0.00578.